The van der Waals surface area contributed by atoms with Crippen LogP contribution in [0.2, 0.25) is 0 Å². The van der Waals surface area contributed by atoms with Crippen LogP contribution in [0, 0.1) is 12.3 Å². The highest BCUT2D eigenvalue weighted by Gasteiger charge is 2.56. The summed E-state index contributed by atoms with van der Waals surface area (Å²) in [5.74, 6) is 0. The molecule has 1 heteroatoms. The summed E-state index contributed by atoms with van der Waals surface area (Å²) in [7, 11) is 2.18. The Labute approximate surface area is 166 Å². The largest absolute Gasteiger partial charge is 0.212 e. The molecule has 1 nitrogen and oxygen atoms in total. The summed E-state index contributed by atoms with van der Waals surface area (Å²) in [4.78, 5) is 0. The van der Waals surface area contributed by atoms with Crippen molar-refractivity contribution in [2.75, 3.05) is 0 Å². The van der Waals surface area contributed by atoms with E-state index in [9.17, 15) is 0 Å². The summed E-state index contributed by atoms with van der Waals surface area (Å²) in [6.45, 7) is 23.6. The Morgan fingerprint density at radius 1 is 0.815 bits per heavy atom. The van der Waals surface area contributed by atoms with Crippen LogP contribution in [0.4, 0.5) is 0 Å². The van der Waals surface area contributed by atoms with Crippen molar-refractivity contribution in [2.24, 2.45) is 12.5 Å². The van der Waals surface area contributed by atoms with Gasteiger partial charge in [0.2, 0.25) is 5.69 Å². The van der Waals surface area contributed by atoms with Gasteiger partial charge in [-0.3, -0.25) is 0 Å². The minimum Gasteiger partial charge on any atom is -0.201 e. The molecule has 3 rings (SSSR count). The van der Waals surface area contributed by atoms with E-state index in [1.165, 1.54) is 33.5 Å². The zero-order valence-electron chi connectivity index (χ0n) is 19.3. The average Bonchev–Trinajstić information content (AvgIpc) is 2.62. The molecule has 0 saturated heterocycles. The van der Waals surface area contributed by atoms with Crippen molar-refractivity contribution >= 4 is 0 Å². The van der Waals surface area contributed by atoms with Crippen LogP contribution in [0.25, 0.3) is 11.3 Å². The second kappa shape index (κ2) is 5.69. The summed E-state index contributed by atoms with van der Waals surface area (Å²) in [5.41, 5.74) is 9.09. The number of aryl methyl sites for hydroxylation is 2. The van der Waals surface area contributed by atoms with Gasteiger partial charge in [0.05, 0.1) is 0 Å². The predicted molar refractivity (Wildman–Crippen MR) is 116 cm³/mol. The Balaban J connectivity index is 2.23. The van der Waals surface area contributed by atoms with Crippen LogP contribution in [0.3, 0.4) is 0 Å². The Hall–Kier alpha value is -1.63. The monoisotopic (exact) mass is 364 g/mol. The molecule has 0 bridgehead atoms. The molecule has 1 aliphatic rings. The lowest BCUT2D eigenvalue weighted by atomic mass is 9.59. The molecule has 1 aromatic carbocycles. The molecule has 0 fully saturated rings. The molecule has 0 unspecified atom stereocenters. The second-order valence-electron chi connectivity index (χ2n) is 11.3. The van der Waals surface area contributed by atoms with E-state index in [0.717, 1.165) is 0 Å². The molecule has 27 heavy (non-hydrogen) atoms. The zero-order valence-corrected chi connectivity index (χ0v) is 19.3. The van der Waals surface area contributed by atoms with E-state index in [4.69, 9.17) is 0 Å². The van der Waals surface area contributed by atoms with Gasteiger partial charge in [-0.2, -0.15) is 0 Å². The number of fused-ring (bicyclic) bond motifs is 1. The molecular weight excluding hydrogens is 326 g/mol. The van der Waals surface area contributed by atoms with Gasteiger partial charge >= 0.3 is 0 Å². The Morgan fingerprint density at radius 3 is 1.81 bits per heavy atom. The highest BCUT2D eigenvalue weighted by atomic mass is 14.9. The molecule has 1 heterocycles. The number of rotatable bonds is 1. The standard InChI is InChI=1S/C26H38N/c1-17-14-20-21(25(7,8)26(9,10)24(20,5)6)15-19(17)22-13-12-18(16-27(22)11)23(2,3)4/h12-16H,1-11H3/q+1. The van der Waals surface area contributed by atoms with Crippen molar-refractivity contribution in [3.63, 3.8) is 0 Å². The first-order chi connectivity index (χ1) is 12.1. The summed E-state index contributed by atoms with van der Waals surface area (Å²) in [6, 6.07) is 9.53. The lowest BCUT2D eigenvalue weighted by Gasteiger charge is -2.44. The molecule has 146 valence electrons. The van der Waals surface area contributed by atoms with Crippen LogP contribution in [0.5, 0.6) is 0 Å². The Kier molecular flexibility index (Phi) is 4.24. The third-order valence-corrected chi connectivity index (χ3v) is 8.11. The van der Waals surface area contributed by atoms with Crippen LogP contribution < -0.4 is 4.57 Å². The predicted octanol–water partition coefficient (Wildman–Crippen LogP) is 6.38. The van der Waals surface area contributed by atoms with Crippen molar-refractivity contribution in [3.05, 3.63) is 52.7 Å². The summed E-state index contributed by atoms with van der Waals surface area (Å²) >= 11 is 0. The van der Waals surface area contributed by atoms with Crippen LogP contribution in [-0.2, 0) is 23.3 Å². The summed E-state index contributed by atoms with van der Waals surface area (Å²) < 4.78 is 2.30. The van der Waals surface area contributed by atoms with E-state index in [1.807, 2.05) is 0 Å². The number of nitrogens with zero attached hydrogens (tertiary/aromatic N) is 1. The van der Waals surface area contributed by atoms with Crippen molar-refractivity contribution < 1.29 is 4.57 Å². The van der Waals surface area contributed by atoms with Gasteiger partial charge in [0.1, 0.15) is 7.05 Å². The van der Waals surface area contributed by atoms with E-state index in [0.29, 0.717) is 0 Å². The van der Waals surface area contributed by atoms with E-state index in [-0.39, 0.29) is 21.7 Å². The lowest BCUT2D eigenvalue weighted by Crippen LogP contribution is -2.42. The first-order valence-electron chi connectivity index (χ1n) is 10.3. The van der Waals surface area contributed by atoms with Crippen LogP contribution in [0.15, 0.2) is 30.5 Å². The van der Waals surface area contributed by atoms with Crippen molar-refractivity contribution in [2.45, 2.75) is 85.5 Å². The normalized spacial score (nSPS) is 19.8. The molecular formula is C26H38N+. The third-order valence-electron chi connectivity index (χ3n) is 8.11. The molecule has 0 aliphatic heterocycles. The minimum absolute atomic E-state index is 0.137. The van der Waals surface area contributed by atoms with E-state index in [1.54, 1.807) is 0 Å². The lowest BCUT2D eigenvalue weighted by molar-refractivity contribution is -0.661. The maximum Gasteiger partial charge on any atom is 0.212 e. The fourth-order valence-electron chi connectivity index (χ4n) is 4.80. The van der Waals surface area contributed by atoms with E-state index in [2.05, 4.69) is 111 Å². The number of benzene rings is 1. The maximum atomic E-state index is 2.48. The molecule has 0 N–H and O–H groups in total. The number of hydrogen-bond donors (Lipinski definition) is 0. The highest BCUT2D eigenvalue weighted by Crippen LogP contribution is 2.62. The average molecular weight is 365 g/mol. The molecule has 1 aliphatic carbocycles. The molecule has 0 amide bonds. The SMILES string of the molecule is Cc1cc2c(cc1-c1ccc(C(C)(C)C)c[n+]1C)C(C)(C)C(C)(C)C2(C)C. The first-order valence-corrected chi connectivity index (χ1v) is 10.3. The molecule has 0 spiro atoms. The summed E-state index contributed by atoms with van der Waals surface area (Å²) in [6.07, 6.45) is 2.29. The molecule has 0 atom stereocenters. The van der Waals surface area contributed by atoms with Crippen molar-refractivity contribution in [1.82, 2.24) is 0 Å². The van der Waals surface area contributed by atoms with E-state index < -0.39 is 0 Å². The van der Waals surface area contributed by atoms with Gasteiger partial charge in [-0.1, -0.05) is 68.4 Å². The smallest absolute Gasteiger partial charge is 0.201 e. The zero-order chi connectivity index (χ0) is 20.6. The molecule has 0 radical (unpaired) electrons. The second-order valence-corrected chi connectivity index (χ2v) is 11.3. The van der Waals surface area contributed by atoms with Gasteiger partial charge in [0.15, 0.2) is 6.20 Å². The van der Waals surface area contributed by atoms with Gasteiger partial charge in [-0.15, -0.1) is 0 Å². The van der Waals surface area contributed by atoms with Gasteiger partial charge in [-0.25, -0.2) is 4.57 Å². The number of aromatic nitrogens is 1. The van der Waals surface area contributed by atoms with Crippen molar-refractivity contribution in [1.29, 1.82) is 0 Å². The molecule has 2 aromatic rings. The van der Waals surface area contributed by atoms with Gasteiger partial charge in [0, 0.05) is 17.2 Å². The van der Waals surface area contributed by atoms with Gasteiger partial charge < -0.3 is 0 Å². The van der Waals surface area contributed by atoms with Crippen LogP contribution in [0.1, 0.15) is 84.6 Å². The Bertz CT molecular complexity index is 905. The maximum absolute atomic E-state index is 2.48. The van der Waals surface area contributed by atoms with Gasteiger partial charge in [-0.05, 0) is 57.4 Å². The topological polar surface area (TPSA) is 3.88 Å². The van der Waals surface area contributed by atoms with Crippen molar-refractivity contribution in [3.8, 4) is 11.3 Å². The van der Waals surface area contributed by atoms with E-state index >= 15 is 0 Å². The molecule has 0 saturated carbocycles. The number of pyridine rings is 1. The number of hydrogen-bond acceptors (Lipinski definition) is 0. The third kappa shape index (κ3) is 2.69. The first kappa shape index (κ1) is 20.1. The quantitative estimate of drug-likeness (QED) is 0.517. The fourth-order valence-corrected chi connectivity index (χ4v) is 4.80. The van der Waals surface area contributed by atoms with Crippen LogP contribution >= 0.6 is 0 Å². The molecule has 1 aromatic heterocycles. The fraction of sp³-hybridized carbons (Fsp3) is 0.577. The van der Waals surface area contributed by atoms with Gasteiger partial charge in [0.25, 0.3) is 0 Å². The highest BCUT2D eigenvalue weighted by molar-refractivity contribution is 5.67. The minimum atomic E-state index is 0.137. The Morgan fingerprint density at radius 2 is 1.33 bits per heavy atom. The summed E-state index contributed by atoms with van der Waals surface area (Å²) in [5, 5.41) is 0. The van der Waals surface area contributed by atoms with Crippen LogP contribution in [-0.4, -0.2) is 0 Å².